The highest BCUT2D eigenvalue weighted by Crippen LogP contribution is 2.21. The number of hydrogen-bond acceptors (Lipinski definition) is 4. The minimum atomic E-state index is -0.441. The van der Waals surface area contributed by atoms with E-state index in [-0.39, 0.29) is 11.5 Å². The third kappa shape index (κ3) is 2.84. The summed E-state index contributed by atoms with van der Waals surface area (Å²) in [6.07, 6.45) is 1.63. The molecule has 0 radical (unpaired) electrons. The van der Waals surface area contributed by atoms with Gasteiger partial charge in [-0.05, 0) is 32.4 Å². The van der Waals surface area contributed by atoms with Crippen molar-refractivity contribution in [3.8, 4) is 5.69 Å². The number of aryl methyl sites for hydroxylation is 1. The first kappa shape index (κ1) is 14.9. The Bertz CT molecular complexity index is 687. The second kappa shape index (κ2) is 5.87. The monoisotopic (exact) mass is 287 g/mol. The number of carbonyl (C=O) groups is 1. The molecule has 6 heteroatoms. The number of nitrogens with zero attached hydrogens (tertiary/aromatic N) is 3. The fourth-order valence-corrected chi connectivity index (χ4v) is 2.40. The minimum absolute atomic E-state index is 0.0101. The molecule has 0 aliphatic rings. The van der Waals surface area contributed by atoms with Gasteiger partial charge in [0.2, 0.25) is 0 Å². The van der Waals surface area contributed by atoms with Gasteiger partial charge in [0, 0.05) is 12.1 Å². The number of carbonyl (C=O) groups excluding carboxylic acids is 1. The number of Topliss-reactive ketones (excluding diaryl/α,β-unsaturated/α-hetero) is 1. The van der Waals surface area contributed by atoms with Gasteiger partial charge in [-0.15, -0.1) is 0 Å². The molecule has 0 N–H and O–H groups in total. The van der Waals surface area contributed by atoms with Gasteiger partial charge in [-0.25, -0.2) is 4.68 Å². The molecule has 110 valence electrons. The second-order valence-corrected chi connectivity index (χ2v) is 4.90. The van der Waals surface area contributed by atoms with Gasteiger partial charge in [-0.2, -0.15) is 5.10 Å². The van der Waals surface area contributed by atoms with Crippen molar-refractivity contribution in [2.45, 2.75) is 33.6 Å². The van der Waals surface area contributed by atoms with Gasteiger partial charge < -0.3 is 0 Å². The molecule has 1 aromatic carbocycles. The van der Waals surface area contributed by atoms with E-state index in [0.29, 0.717) is 11.3 Å². The summed E-state index contributed by atoms with van der Waals surface area (Å²) in [7, 11) is 0. The first-order chi connectivity index (χ1) is 9.95. The zero-order chi connectivity index (χ0) is 15.6. The minimum Gasteiger partial charge on any atom is -0.294 e. The lowest BCUT2D eigenvalue weighted by Crippen LogP contribution is -2.01. The maximum absolute atomic E-state index is 11.8. The summed E-state index contributed by atoms with van der Waals surface area (Å²) < 4.78 is 1.67. The molecule has 2 rings (SSSR count). The molecule has 21 heavy (non-hydrogen) atoms. The summed E-state index contributed by atoms with van der Waals surface area (Å²) in [6, 6.07) is 6.14. The van der Waals surface area contributed by atoms with Crippen LogP contribution < -0.4 is 0 Å². The first-order valence-electron chi connectivity index (χ1n) is 6.80. The van der Waals surface area contributed by atoms with E-state index in [1.165, 1.54) is 19.1 Å². The highest BCUT2D eigenvalue weighted by Gasteiger charge is 2.18. The van der Waals surface area contributed by atoms with Crippen molar-refractivity contribution in [1.29, 1.82) is 0 Å². The summed E-state index contributed by atoms with van der Waals surface area (Å²) in [5, 5.41) is 15.2. The predicted octanol–water partition coefficient (Wildman–Crippen LogP) is 3.24. The van der Waals surface area contributed by atoms with Crippen LogP contribution in [0.25, 0.3) is 5.69 Å². The maximum Gasteiger partial charge on any atom is 0.269 e. The van der Waals surface area contributed by atoms with Gasteiger partial charge in [0.15, 0.2) is 5.78 Å². The molecule has 0 unspecified atom stereocenters. The van der Waals surface area contributed by atoms with Crippen molar-refractivity contribution < 1.29 is 9.72 Å². The smallest absolute Gasteiger partial charge is 0.269 e. The van der Waals surface area contributed by atoms with Crippen molar-refractivity contribution in [2.75, 3.05) is 0 Å². The van der Waals surface area contributed by atoms with E-state index in [9.17, 15) is 14.9 Å². The molecule has 0 bridgehead atoms. The zero-order valence-corrected chi connectivity index (χ0v) is 12.3. The van der Waals surface area contributed by atoms with Gasteiger partial charge in [0.1, 0.15) is 0 Å². The Hall–Kier alpha value is -2.50. The molecule has 1 aromatic heterocycles. The van der Waals surface area contributed by atoms with E-state index in [1.807, 2.05) is 13.8 Å². The molecule has 0 saturated carbocycles. The number of hydrogen-bond donors (Lipinski definition) is 0. The lowest BCUT2D eigenvalue weighted by atomic mass is 10.1. The highest BCUT2D eigenvalue weighted by atomic mass is 16.6. The first-order valence-corrected chi connectivity index (χ1v) is 6.80. The van der Waals surface area contributed by atoms with Crippen LogP contribution in [0.1, 0.15) is 42.0 Å². The number of nitro benzene ring substituents is 1. The normalized spacial score (nSPS) is 10.6. The molecule has 0 spiro atoms. The number of non-ortho nitro benzene ring substituents is 1. The molecule has 0 saturated heterocycles. The van der Waals surface area contributed by atoms with Crippen LogP contribution in [-0.4, -0.2) is 20.5 Å². The van der Waals surface area contributed by atoms with Crippen LogP contribution in [0.4, 0.5) is 5.69 Å². The van der Waals surface area contributed by atoms with Crippen LogP contribution in [0, 0.1) is 17.0 Å². The Labute approximate surface area is 122 Å². The molecular formula is C15H17N3O3. The van der Waals surface area contributed by atoms with E-state index in [2.05, 4.69) is 5.10 Å². The Morgan fingerprint density at radius 3 is 2.43 bits per heavy atom. The van der Waals surface area contributed by atoms with Gasteiger partial charge in [-0.1, -0.05) is 13.3 Å². The largest absolute Gasteiger partial charge is 0.294 e. The van der Waals surface area contributed by atoms with E-state index in [1.54, 1.807) is 16.8 Å². The lowest BCUT2D eigenvalue weighted by Gasteiger charge is -2.04. The SMILES string of the molecule is CCCc1nn(-c2ccc([N+](=O)[O-])cc2)c(C)c1C(C)=O. The van der Waals surface area contributed by atoms with Crippen LogP contribution in [-0.2, 0) is 6.42 Å². The number of nitro groups is 1. The van der Waals surface area contributed by atoms with Gasteiger partial charge in [0.25, 0.3) is 5.69 Å². The summed E-state index contributed by atoms with van der Waals surface area (Å²) in [6.45, 7) is 5.40. The summed E-state index contributed by atoms with van der Waals surface area (Å²) in [5.41, 5.74) is 2.93. The fourth-order valence-electron chi connectivity index (χ4n) is 2.40. The van der Waals surface area contributed by atoms with Crippen molar-refractivity contribution in [1.82, 2.24) is 9.78 Å². The van der Waals surface area contributed by atoms with Crippen LogP contribution in [0.2, 0.25) is 0 Å². The zero-order valence-electron chi connectivity index (χ0n) is 12.3. The summed E-state index contributed by atoms with van der Waals surface area (Å²) in [5.74, 6) is -0.0101. The lowest BCUT2D eigenvalue weighted by molar-refractivity contribution is -0.384. The summed E-state index contributed by atoms with van der Waals surface area (Å²) in [4.78, 5) is 22.1. The number of ketones is 1. The predicted molar refractivity (Wildman–Crippen MR) is 79.0 cm³/mol. The van der Waals surface area contributed by atoms with Crippen molar-refractivity contribution >= 4 is 11.5 Å². The molecule has 0 fully saturated rings. The average Bonchev–Trinajstić information content (AvgIpc) is 2.76. The molecule has 0 atom stereocenters. The third-order valence-corrected chi connectivity index (χ3v) is 3.33. The van der Waals surface area contributed by atoms with Gasteiger partial charge in [0.05, 0.1) is 27.6 Å². The van der Waals surface area contributed by atoms with E-state index < -0.39 is 4.92 Å². The van der Waals surface area contributed by atoms with Crippen LogP contribution in [0.3, 0.4) is 0 Å². The molecule has 6 nitrogen and oxygen atoms in total. The highest BCUT2D eigenvalue weighted by molar-refractivity contribution is 5.96. The molecule has 0 aliphatic heterocycles. The quantitative estimate of drug-likeness (QED) is 0.480. The van der Waals surface area contributed by atoms with Crippen LogP contribution >= 0.6 is 0 Å². The fraction of sp³-hybridized carbons (Fsp3) is 0.333. The molecule has 1 heterocycles. The van der Waals surface area contributed by atoms with Crippen LogP contribution in [0.15, 0.2) is 24.3 Å². The number of aromatic nitrogens is 2. The topological polar surface area (TPSA) is 78.0 Å². The summed E-state index contributed by atoms with van der Waals surface area (Å²) >= 11 is 0. The third-order valence-electron chi connectivity index (χ3n) is 3.33. The standard InChI is InChI=1S/C15H17N3O3/c1-4-5-14-15(11(3)19)10(2)17(16-14)12-6-8-13(9-7-12)18(20)21/h6-9H,4-5H2,1-3H3. The van der Waals surface area contributed by atoms with Gasteiger partial charge in [-0.3, -0.25) is 14.9 Å². The van der Waals surface area contributed by atoms with Crippen molar-refractivity contribution in [3.05, 3.63) is 51.3 Å². The van der Waals surface area contributed by atoms with E-state index in [0.717, 1.165) is 24.2 Å². The second-order valence-electron chi connectivity index (χ2n) is 4.90. The maximum atomic E-state index is 11.8. The molecule has 2 aromatic rings. The van der Waals surface area contributed by atoms with Crippen LogP contribution in [0.5, 0.6) is 0 Å². The van der Waals surface area contributed by atoms with Crippen molar-refractivity contribution in [3.63, 3.8) is 0 Å². The number of rotatable bonds is 5. The van der Waals surface area contributed by atoms with Gasteiger partial charge >= 0.3 is 0 Å². The van der Waals surface area contributed by atoms with E-state index in [4.69, 9.17) is 0 Å². The van der Waals surface area contributed by atoms with Crippen molar-refractivity contribution in [2.24, 2.45) is 0 Å². The Balaban J connectivity index is 2.51. The Morgan fingerprint density at radius 2 is 1.95 bits per heavy atom. The number of benzene rings is 1. The average molecular weight is 287 g/mol. The Morgan fingerprint density at radius 1 is 1.33 bits per heavy atom. The Kier molecular flexibility index (Phi) is 4.16. The molecule has 0 aliphatic carbocycles. The van der Waals surface area contributed by atoms with E-state index >= 15 is 0 Å². The molecule has 0 amide bonds. The molecular weight excluding hydrogens is 270 g/mol.